The second-order valence-corrected chi connectivity index (χ2v) is 10.1. The first-order chi connectivity index (χ1) is 19.8. The Balaban J connectivity index is 1.24. The zero-order valence-corrected chi connectivity index (χ0v) is 22.6. The van der Waals surface area contributed by atoms with Gasteiger partial charge >= 0.3 is 0 Å². The molecule has 10 nitrogen and oxygen atoms in total. The number of carbonyl (C=O) groups is 2. The summed E-state index contributed by atoms with van der Waals surface area (Å²) in [6, 6.07) is 21.2. The zero-order valence-electron chi connectivity index (χ0n) is 22.6. The Kier molecular flexibility index (Phi) is 7.95. The van der Waals surface area contributed by atoms with Gasteiger partial charge in [-0.15, -0.1) is 5.10 Å². The molecule has 1 aliphatic heterocycles. The molecular weight excluding hydrogens is 520 g/mol. The van der Waals surface area contributed by atoms with Crippen molar-refractivity contribution in [3.05, 3.63) is 114 Å². The molecular formula is C31H32N6O4. The normalized spacial score (nSPS) is 17.7. The van der Waals surface area contributed by atoms with Crippen LogP contribution in [0.1, 0.15) is 46.4 Å². The third kappa shape index (κ3) is 5.74. The maximum absolute atomic E-state index is 12.9. The molecule has 41 heavy (non-hydrogen) atoms. The molecule has 0 spiro atoms. The summed E-state index contributed by atoms with van der Waals surface area (Å²) in [5, 5.41) is 35.4. The number of aromatic nitrogens is 3. The Morgan fingerprint density at radius 1 is 1.15 bits per heavy atom. The number of allylic oxidation sites excluding steroid dienone is 1. The van der Waals surface area contributed by atoms with Crippen molar-refractivity contribution in [1.29, 1.82) is 0 Å². The number of benzene rings is 3. The molecule has 0 saturated heterocycles. The minimum absolute atomic E-state index is 0.0744. The summed E-state index contributed by atoms with van der Waals surface area (Å²) in [6.07, 6.45) is 6.10. The first-order valence-electron chi connectivity index (χ1n) is 13.4. The van der Waals surface area contributed by atoms with Crippen molar-refractivity contribution < 1.29 is 19.8 Å². The number of aliphatic hydroxyl groups excluding tert-OH is 1. The van der Waals surface area contributed by atoms with Gasteiger partial charge in [0.2, 0.25) is 0 Å². The van der Waals surface area contributed by atoms with Gasteiger partial charge in [-0.3, -0.25) is 14.3 Å². The van der Waals surface area contributed by atoms with Crippen LogP contribution in [0.25, 0.3) is 0 Å². The number of rotatable bonds is 10. The van der Waals surface area contributed by atoms with E-state index < -0.39 is 17.4 Å². The number of aliphatic hydroxyl groups is 2. The summed E-state index contributed by atoms with van der Waals surface area (Å²) in [4.78, 5) is 25.6. The van der Waals surface area contributed by atoms with E-state index >= 15 is 0 Å². The number of nitrogen functional groups attached to an aromatic ring is 1. The van der Waals surface area contributed by atoms with Gasteiger partial charge in [-0.05, 0) is 54.4 Å². The Morgan fingerprint density at radius 3 is 2.63 bits per heavy atom. The largest absolute Gasteiger partial charge is 0.399 e. The molecule has 0 fully saturated rings. The number of aryl methyl sites for hydroxylation is 1. The maximum atomic E-state index is 12.9. The van der Waals surface area contributed by atoms with E-state index in [0.717, 1.165) is 5.56 Å². The summed E-state index contributed by atoms with van der Waals surface area (Å²) in [5.41, 5.74) is 7.88. The zero-order chi connectivity index (χ0) is 29.0. The standard InChI is InChI=1S/C31H32N6O4/c1-20(7-5-6-16-37-18-28(35-36-37)25(19-38)21-8-3-2-4-9-21)31(41)26-17-24(14-15-27(26)34-30(31)40)33-29(39)22-10-12-23(32)13-11-22/h2-5,7-15,17-18,20,25,38,41H,6,16,19,32H2,1H3,(H,33,39)(H,34,40)/b7-5+/t20-,25?,31+/m1/s1. The quantitative estimate of drug-likeness (QED) is 0.149. The van der Waals surface area contributed by atoms with Crippen LogP contribution in [0.3, 0.4) is 0 Å². The van der Waals surface area contributed by atoms with E-state index in [-0.39, 0.29) is 18.4 Å². The Bertz CT molecular complexity index is 1570. The van der Waals surface area contributed by atoms with Crippen LogP contribution in [0.4, 0.5) is 17.1 Å². The highest BCUT2D eigenvalue weighted by Gasteiger charge is 2.48. The van der Waals surface area contributed by atoms with Crippen LogP contribution in [-0.4, -0.2) is 43.6 Å². The summed E-state index contributed by atoms with van der Waals surface area (Å²) in [5.74, 6) is -1.67. The molecule has 4 aromatic rings. The van der Waals surface area contributed by atoms with Gasteiger partial charge in [0.15, 0.2) is 5.60 Å². The first-order valence-corrected chi connectivity index (χ1v) is 13.4. The van der Waals surface area contributed by atoms with Crippen molar-refractivity contribution in [3.8, 4) is 0 Å². The fourth-order valence-electron chi connectivity index (χ4n) is 4.96. The van der Waals surface area contributed by atoms with Crippen molar-refractivity contribution in [3.63, 3.8) is 0 Å². The SMILES string of the molecule is C[C@H](/C=C/CCn1cc(C(CO)c2ccccc2)nn1)[C@@]1(O)C(=O)Nc2ccc(NC(=O)c3ccc(N)cc3)cc21. The molecule has 0 saturated carbocycles. The lowest BCUT2D eigenvalue weighted by Crippen LogP contribution is -2.39. The number of hydrogen-bond acceptors (Lipinski definition) is 7. The second-order valence-electron chi connectivity index (χ2n) is 10.1. The number of hydrogen-bond donors (Lipinski definition) is 5. The molecule has 3 aromatic carbocycles. The van der Waals surface area contributed by atoms with E-state index in [0.29, 0.717) is 46.8 Å². The molecule has 5 rings (SSSR count). The molecule has 1 aromatic heterocycles. The lowest BCUT2D eigenvalue weighted by molar-refractivity contribution is -0.137. The molecule has 2 amide bonds. The first kappa shape index (κ1) is 27.8. The summed E-state index contributed by atoms with van der Waals surface area (Å²) in [7, 11) is 0. The van der Waals surface area contributed by atoms with Crippen LogP contribution in [0.5, 0.6) is 0 Å². The molecule has 0 radical (unpaired) electrons. The van der Waals surface area contributed by atoms with E-state index in [4.69, 9.17) is 5.73 Å². The van der Waals surface area contributed by atoms with Gasteiger partial charge in [-0.25, -0.2) is 0 Å². The Labute approximate surface area is 237 Å². The fourth-order valence-corrected chi connectivity index (χ4v) is 4.96. The molecule has 0 bridgehead atoms. The molecule has 2 heterocycles. The monoisotopic (exact) mass is 552 g/mol. The second kappa shape index (κ2) is 11.7. The minimum Gasteiger partial charge on any atom is -0.399 e. The fraction of sp³-hybridized carbons (Fsp3) is 0.226. The number of carbonyl (C=O) groups excluding carboxylic acids is 2. The van der Waals surface area contributed by atoms with Crippen LogP contribution in [0.15, 0.2) is 91.1 Å². The molecule has 1 aliphatic rings. The van der Waals surface area contributed by atoms with Crippen LogP contribution >= 0.6 is 0 Å². The van der Waals surface area contributed by atoms with Crippen LogP contribution in [-0.2, 0) is 16.9 Å². The van der Waals surface area contributed by atoms with E-state index in [1.54, 1.807) is 60.1 Å². The summed E-state index contributed by atoms with van der Waals surface area (Å²) in [6.45, 7) is 2.23. The van der Waals surface area contributed by atoms with Gasteiger partial charge in [0.1, 0.15) is 0 Å². The number of nitrogens with two attached hydrogens (primary N) is 1. The topological polar surface area (TPSA) is 155 Å². The highest BCUT2D eigenvalue weighted by atomic mass is 16.3. The van der Waals surface area contributed by atoms with Crippen LogP contribution < -0.4 is 16.4 Å². The van der Waals surface area contributed by atoms with E-state index in [1.807, 2.05) is 42.6 Å². The third-order valence-corrected chi connectivity index (χ3v) is 7.36. The predicted octanol–water partition coefficient (Wildman–Crippen LogP) is 3.66. The Morgan fingerprint density at radius 2 is 1.90 bits per heavy atom. The highest BCUT2D eigenvalue weighted by molar-refractivity contribution is 6.07. The van der Waals surface area contributed by atoms with E-state index in [1.165, 1.54) is 0 Å². The summed E-state index contributed by atoms with van der Waals surface area (Å²) < 4.78 is 1.71. The van der Waals surface area contributed by atoms with Gasteiger partial charge in [0, 0.05) is 46.8 Å². The van der Waals surface area contributed by atoms with Crippen LogP contribution in [0, 0.1) is 5.92 Å². The molecule has 210 valence electrons. The number of nitrogens with one attached hydrogen (secondary N) is 2. The number of amides is 2. The van der Waals surface area contributed by atoms with Gasteiger partial charge < -0.3 is 26.6 Å². The number of anilines is 3. The van der Waals surface area contributed by atoms with Gasteiger partial charge in [0.25, 0.3) is 11.8 Å². The van der Waals surface area contributed by atoms with Gasteiger partial charge in [-0.2, -0.15) is 0 Å². The lowest BCUT2D eigenvalue weighted by atomic mass is 9.82. The summed E-state index contributed by atoms with van der Waals surface area (Å²) >= 11 is 0. The van der Waals surface area contributed by atoms with Gasteiger partial charge in [-0.1, -0.05) is 54.6 Å². The lowest BCUT2D eigenvalue weighted by Gasteiger charge is -2.26. The molecule has 10 heteroatoms. The van der Waals surface area contributed by atoms with Gasteiger partial charge in [0.05, 0.1) is 18.2 Å². The average molecular weight is 553 g/mol. The van der Waals surface area contributed by atoms with Crippen molar-refractivity contribution in [2.75, 3.05) is 23.0 Å². The number of fused-ring (bicyclic) bond motifs is 1. The smallest absolute Gasteiger partial charge is 0.261 e. The van der Waals surface area contributed by atoms with E-state index in [9.17, 15) is 19.8 Å². The number of nitrogens with zero attached hydrogens (tertiary/aromatic N) is 3. The van der Waals surface area contributed by atoms with Crippen molar-refractivity contribution in [2.45, 2.75) is 31.4 Å². The minimum atomic E-state index is -1.81. The molecule has 0 aliphatic carbocycles. The molecule has 1 unspecified atom stereocenters. The molecule has 6 N–H and O–H groups in total. The average Bonchev–Trinajstić information content (AvgIpc) is 3.54. The van der Waals surface area contributed by atoms with E-state index in [2.05, 4.69) is 20.9 Å². The third-order valence-electron chi connectivity index (χ3n) is 7.36. The Hall–Kier alpha value is -4.80. The predicted molar refractivity (Wildman–Crippen MR) is 156 cm³/mol. The van der Waals surface area contributed by atoms with Crippen molar-refractivity contribution in [2.24, 2.45) is 5.92 Å². The maximum Gasteiger partial charge on any atom is 0.261 e. The van der Waals surface area contributed by atoms with Crippen molar-refractivity contribution >= 4 is 28.9 Å². The van der Waals surface area contributed by atoms with Crippen LogP contribution in [0.2, 0.25) is 0 Å². The molecule has 3 atom stereocenters. The van der Waals surface area contributed by atoms with Crippen molar-refractivity contribution in [1.82, 2.24) is 15.0 Å². The highest BCUT2D eigenvalue weighted by Crippen LogP contribution is 2.43.